The van der Waals surface area contributed by atoms with Crippen LogP contribution in [-0.2, 0) is 9.59 Å². The van der Waals surface area contributed by atoms with Crippen molar-refractivity contribution in [1.29, 1.82) is 0 Å². The molecule has 4 nitrogen and oxygen atoms in total. The van der Waals surface area contributed by atoms with E-state index in [1.54, 1.807) is 30.1 Å². The number of carbonyl (C=O) groups is 2. The number of hydrogen-bond donors (Lipinski definition) is 1. The van der Waals surface area contributed by atoms with Crippen molar-refractivity contribution in [2.45, 2.75) is 6.42 Å². The van der Waals surface area contributed by atoms with E-state index in [4.69, 9.17) is 23.2 Å². The van der Waals surface area contributed by atoms with Gasteiger partial charge in [0.25, 0.3) is 0 Å². The zero-order valence-electron chi connectivity index (χ0n) is 13.0. The van der Waals surface area contributed by atoms with Gasteiger partial charge in [0.15, 0.2) is 0 Å². The number of hydrogen-bond acceptors (Lipinski definition) is 2. The van der Waals surface area contributed by atoms with Crippen LogP contribution in [0, 0.1) is 11.8 Å². The molecule has 0 bridgehead atoms. The molecule has 1 aliphatic carbocycles. The van der Waals surface area contributed by atoms with Crippen LogP contribution >= 0.6 is 23.2 Å². The molecule has 0 radical (unpaired) electrons. The van der Waals surface area contributed by atoms with Gasteiger partial charge < -0.3 is 10.2 Å². The third kappa shape index (κ3) is 3.55. The lowest BCUT2D eigenvalue weighted by Gasteiger charge is -2.17. The summed E-state index contributed by atoms with van der Waals surface area (Å²) in [4.78, 5) is 26.4. The third-order valence-corrected chi connectivity index (χ3v) is 4.67. The van der Waals surface area contributed by atoms with Crippen LogP contribution in [-0.4, -0.2) is 18.9 Å². The molecule has 2 aromatic rings. The first-order valence-electron chi connectivity index (χ1n) is 7.56. The summed E-state index contributed by atoms with van der Waals surface area (Å²) >= 11 is 12.0. The van der Waals surface area contributed by atoms with Crippen molar-refractivity contribution in [2.24, 2.45) is 11.8 Å². The van der Waals surface area contributed by atoms with Crippen LogP contribution in [0.15, 0.2) is 48.5 Å². The Hall–Kier alpha value is -2.04. The summed E-state index contributed by atoms with van der Waals surface area (Å²) in [6.07, 6.45) is 0.542. The maximum atomic E-state index is 12.5. The van der Waals surface area contributed by atoms with Crippen LogP contribution in [0.3, 0.4) is 0 Å². The minimum absolute atomic E-state index is 0.0569. The smallest absolute Gasteiger partial charge is 0.230 e. The van der Waals surface area contributed by atoms with E-state index in [0.29, 0.717) is 22.2 Å². The number of rotatable bonds is 4. The van der Waals surface area contributed by atoms with E-state index in [2.05, 4.69) is 5.32 Å². The molecule has 0 aromatic heterocycles. The summed E-state index contributed by atoms with van der Waals surface area (Å²) in [5.74, 6) is -0.899. The molecular formula is C18H16Cl2N2O2. The van der Waals surface area contributed by atoms with Gasteiger partial charge >= 0.3 is 0 Å². The lowest BCUT2D eigenvalue weighted by molar-refractivity contribution is -0.123. The molecule has 2 aromatic carbocycles. The standard InChI is InChI=1S/C18H16Cl2N2O2/c1-22(12-5-3-2-4-6-12)18(24)14-10-13(14)17(23)21-16-9-11(19)7-8-15(16)20/h2-9,13-14H,10H2,1H3,(H,21,23). The highest BCUT2D eigenvalue weighted by molar-refractivity contribution is 6.35. The van der Waals surface area contributed by atoms with Crippen LogP contribution in [0.25, 0.3) is 0 Å². The summed E-state index contributed by atoms with van der Waals surface area (Å²) in [6.45, 7) is 0. The molecular weight excluding hydrogens is 347 g/mol. The fourth-order valence-corrected chi connectivity index (χ4v) is 2.94. The van der Waals surface area contributed by atoms with Crippen molar-refractivity contribution < 1.29 is 9.59 Å². The molecule has 1 aliphatic rings. The maximum absolute atomic E-state index is 12.5. The number of benzene rings is 2. The largest absolute Gasteiger partial charge is 0.324 e. The average Bonchev–Trinajstić information content (AvgIpc) is 3.38. The lowest BCUT2D eigenvalue weighted by Crippen LogP contribution is -2.29. The Labute approximate surface area is 150 Å². The fraction of sp³-hybridized carbons (Fsp3) is 0.222. The first-order chi connectivity index (χ1) is 11.5. The van der Waals surface area contributed by atoms with E-state index in [0.717, 1.165) is 5.69 Å². The monoisotopic (exact) mass is 362 g/mol. The summed E-state index contributed by atoms with van der Waals surface area (Å²) in [6, 6.07) is 14.2. The zero-order valence-corrected chi connectivity index (χ0v) is 14.5. The van der Waals surface area contributed by atoms with Crippen molar-refractivity contribution in [2.75, 3.05) is 17.3 Å². The third-order valence-electron chi connectivity index (χ3n) is 4.10. The number of carbonyl (C=O) groups excluding carboxylic acids is 2. The minimum Gasteiger partial charge on any atom is -0.324 e. The normalized spacial score (nSPS) is 18.8. The van der Waals surface area contributed by atoms with Gasteiger partial charge in [0.2, 0.25) is 11.8 Å². The quantitative estimate of drug-likeness (QED) is 0.884. The van der Waals surface area contributed by atoms with E-state index in [9.17, 15) is 9.59 Å². The van der Waals surface area contributed by atoms with Crippen LogP contribution in [0.1, 0.15) is 6.42 Å². The molecule has 3 rings (SSSR count). The first kappa shape index (κ1) is 16.8. The molecule has 1 saturated carbocycles. The highest BCUT2D eigenvalue weighted by atomic mass is 35.5. The summed E-state index contributed by atoms with van der Waals surface area (Å²) in [7, 11) is 1.72. The average molecular weight is 363 g/mol. The molecule has 1 fully saturated rings. The molecule has 2 atom stereocenters. The highest BCUT2D eigenvalue weighted by Gasteiger charge is 2.49. The molecule has 2 amide bonds. The Morgan fingerprint density at radius 3 is 2.50 bits per heavy atom. The van der Waals surface area contributed by atoms with E-state index >= 15 is 0 Å². The van der Waals surface area contributed by atoms with Crippen LogP contribution < -0.4 is 10.2 Å². The molecule has 0 saturated heterocycles. The van der Waals surface area contributed by atoms with Crippen LogP contribution in [0.5, 0.6) is 0 Å². The van der Waals surface area contributed by atoms with E-state index in [1.165, 1.54) is 0 Å². The number of nitrogens with zero attached hydrogens (tertiary/aromatic N) is 1. The molecule has 0 aliphatic heterocycles. The summed E-state index contributed by atoms with van der Waals surface area (Å²) in [5, 5.41) is 3.65. The maximum Gasteiger partial charge on any atom is 0.230 e. The number of nitrogens with one attached hydrogen (secondary N) is 1. The summed E-state index contributed by atoms with van der Waals surface area (Å²) in [5.41, 5.74) is 1.27. The van der Waals surface area contributed by atoms with E-state index < -0.39 is 0 Å². The van der Waals surface area contributed by atoms with Crippen LogP contribution in [0.4, 0.5) is 11.4 Å². The molecule has 2 unspecified atom stereocenters. The molecule has 24 heavy (non-hydrogen) atoms. The number of halogens is 2. The van der Waals surface area contributed by atoms with Crippen molar-refractivity contribution >= 4 is 46.4 Å². The van der Waals surface area contributed by atoms with Gasteiger partial charge in [0, 0.05) is 17.8 Å². The van der Waals surface area contributed by atoms with E-state index in [-0.39, 0.29) is 23.7 Å². The van der Waals surface area contributed by atoms with Gasteiger partial charge in [-0.1, -0.05) is 41.4 Å². The number of para-hydroxylation sites is 1. The SMILES string of the molecule is CN(C(=O)C1CC1C(=O)Nc1cc(Cl)ccc1Cl)c1ccccc1. The van der Waals surface area contributed by atoms with Gasteiger partial charge in [-0.3, -0.25) is 9.59 Å². The predicted octanol–water partition coefficient (Wildman–Crippen LogP) is 4.23. The molecule has 124 valence electrons. The van der Waals surface area contributed by atoms with Gasteiger partial charge in [0.1, 0.15) is 0 Å². The first-order valence-corrected chi connectivity index (χ1v) is 8.31. The van der Waals surface area contributed by atoms with Gasteiger partial charge in [-0.05, 0) is 36.8 Å². The van der Waals surface area contributed by atoms with Crippen molar-refractivity contribution in [3.8, 4) is 0 Å². The molecule has 6 heteroatoms. The Bertz CT molecular complexity index is 780. The van der Waals surface area contributed by atoms with Crippen molar-refractivity contribution in [3.63, 3.8) is 0 Å². The minimum atomic E-state index is -0.335. The predicted molar refractivity (Wildman–Crippen MR) is 96.5 cm³/mol. The Kier molecular flexibility index (Phi) is 4.78. The second-order valence-electron chi connectivity index (χ2n) is 5.79. The van der Waals surface area contributed by atoms with Gasteiger partial charge in [0.05, 0.1) is 22.5 Å². The summed E-state index contributed by atoms with van der Waals surface area (Å²) < 4.78 is 0. The van der Waals surface area contributed by atoms with Gasteiger partial charge in [-0.25, -0.2) is 0 Å². The second-order valence-corrected chi connectivity index (χ2v) is 6.64. The lowest BCUT2D eigenvalue weighted by atomic mass is 10.2. The highest BCUT2D eigenvalue weighted by Crippen LogP contribution is 2.41. The second kappa shape index (κ2) is 6.83. The van der Waals surface area contributed by atoms with Gasteiger partial charge in [-0.15, -0.1) is 0 Å². The number of amides is 2. The Morgan fingerprint density at radius 2 is 1.79 bits per heavy atom. The molecule has 1 N–H and O–H groups in total. The van der Waals surface area contributed by atoms with Gasteiger partial charge in [-0.2, -0.15) is 0 Å². The Morgan fingerprint density at radius 1 is 1.08 bits per heavy atom. The van der Waals surface area contributed by atoms with Crippen molar-refractivity contribution in [3.05, 3.63) is 58.6 Å². The van der Waals surface area contributed by atoms with E-state index in [1.807, 2.05) is 30.3 Å². The van der Waals surface area contributed by atoms with Crippen LogP contribution in [0.2, 0.25) is 10.0 Å². The fourth-order valence-electron chi connectivity index (χ4n) is 2.60. The number of anilines is 2. The molecule has 0 spiro atoms. The zero-order chi connectivity index (χ0) is 17.3. The molecule has 0 heterocycles. The Balaban J connectivity index is 1.63. The van der Waals surface area contributed by atoms with Crippen molar-refractivity contribution in [1.82, 2.24) is 0 Å². The topological polar surface area (TPSA) is 49.4 Å².